The van der Waals surface area contributed by atoms with Crippen molar-refractivity contribution in [2.75, 3.05) is 6.61 Å². The highest BCUT2D eigenvalue weighted by Gasteiger charge is 2.10. The van der Waals surface area contributed by atoms with Crippen LogP contribution in [0.1, 0.15) is 37.7 Å². The van der Waals surface area contributed by atoms with Crippen molar-refractivity contribution in [1.82, 2.24) is 10.2 Å². The highest BCUT2D eigenvalue weighted by molar-refractivity contribution is 5.84. The van der Waals surface area contributed by atoms with E-state index in [0.717, 1.165) is 6.42 Å². The number of carboxylic acids is 1. The number of aromatic nitrogens is 2. The molecule has 0 radical (unpaired) electrons. The molecule has 88 valence electrons. The van der Waals surface area contributed by atoms with E-state index in [1.807, 2.05) is 0 Å². The molecule has 1 heterocycles. The van der Waals surface area contributed by atoms with Crippen molar-refractivity contribution < 1.29 is 14.6 Å². The Kier molecular flexibility index (Phi) is 3.82. The molecule has 0 bridgehead atoms. The molecular formula is C11H16N2O3. The fourth-order valence-electron chi connectivity index (χ4n) is 0.973. The quantitative estimate of drug-likeness (QED) is 0.846. The molecule has 5 heteroatoms. The van der Waals surface area contributed by atoms with Gasteiger partial charge in [0, 0.05) is 6.07 Å². The summed E-state index contributed by atoms with van der Waals surface area (Å²) in [5, 5.41) is 15.8. The SMILES string of the molecule is CC(C)(C)CCOc1ccc(C(=O)O)nn1. The molecule has 0 unspecified atom stereocenters. The zero-order valence-corrected chi connectivity index (χ0v) is 9.73. The van der Waals surface area contributed by atoms with E-state index in [1.165, 1.54) is 12.1 Å². The van der Waals surface area contributed by atoms with Crippen LogP contribution in [0.15, 0.2) is 12.1 Å². The number of rotatable bonds is 4. The minimum absolute atomic E-state index is 0.0804. The average molecular weight is 224 g/mol. The van der Waals surface area contributed by atoms with Crippen LogP contribution in [0.3, 0.4) is 0 Å². The van der Waals surface area contributed by atoms with Crippen molar-refractivity contribution in [2.24, 2.45) is 5.41 Å². The maximum Gasteiger partial charge on any atom is 0.356 e. The normalized spacial score (nSPS) is 11.2. The molecule has 5 nitrogen and oxygen atoms in total. The second-order valence-electron chi connectivity index (χ2n) is 4.72. The molecule has 16 heavy (non-hydrogen) atoms. The van der Waals surface area contributed by atoms with Gasteiger partial charge in [-0.15, -0.1) is 10.2 Å². The smallest absolute Gasteiger partial charge is 0.356 e. The molecular weight excluding hydrogens is 208 g/mol. The van der Waals surface area contributed by atoms with Gasteiger partial charge in [0.05, 0.1) is 6.61 Å². The van der Waals surface area contributed by atoms with Crippen LogP contribution in [0.4, 0.5) is 0 Å². The summed E-state index contributed by atoms with van der Waals surface area (Å²) in [7, 11) is 0. The topological polar surface area (TPSA) is 72.3 Å². The lowest BCUT2D eigenvalue weighted by Gasteiger charge is -2.17. The molecule has 0 fully saturated rings. The number of hydrogen-bond acceptors (Lipinski definition) is 4. The van der Waals surface area contributed by atoms with Crippen molar-refractivity contribution in [3.63, 3.8) is 0 Å². The fourth-order valence-corrected chi connectivity index (χ4v) is 0.973. The summed E-state index contributed by atoms with van der Waals surface area (Å²) < 4.78 is 5.35. The minimum Gasteiger partial charge on any atom is -0.477 e. The molecule has 1 aromatic heterocycles. The molecule has 0 aliphatic carbocycles. The van der Waals surface area contributed by atoms with Crippen molar-refractivity contribution >= 4 is 5.97 Å². The fraction of sp³-hybridized carbons (Fsp3) is 0.545. The standard InChI is InChI=1S/C11H16N2O3/c1-11(2,3)6-7-16-9-5-4-8(10(14)15)12-13-9/h4-5H,6-7H2,1-3H3,(H,14,15). The third-order valence-electron chi connectivity index (χ3n) is 1.96. The summed E-state index contributed by atoms with van der Waals surface area (Å²) in [5.74, 6) is -0.733. The predicted octanol–water partition coefficient (Wildman–Crippen LogP) is 1.99. The van der Waals surface area contributed by atoms with Crippen LogP contribution in [0, 0.1) is 5.41 Å². The lowest BCUT2D eigenvalue weighted by Crippen LogP contribution is -2.12. The van der Waals surface area contributed by atoms with Gasteiger partial charge in [-0.25, -0.2) is 4.79 Å². The molecule has 0 aliphatic rings. The van der Waals surface area contributed by atoms with Crippen LogP contribution in [0.2, 0.25) is 0 Å². The van der Waals surface area contributed by atoms with Crippen molar-refractivity contribution in [2.45, 2.75) is 27.2 Å². The number of nitrogens with zero attached hydrogens (tertiary/aromatic N) is 2. The van der Waals surface area contributed by atoms with Gasteiger partial charge in [-0.3, -0.25) is 0 Å². The monoisotopic (exact) mass is 224 g/mol. The number of carbonyl (C=O) groups is 1. The van der Waals surface area contributed by atoms with E-state index >= 15 is 0 Å². The summed E-state index contributed by atoms with van der Waals surface area (Å²) >= 11 is 0. The van der Waals surface area contributed by atoms with Gasteiger partial charge in [0.1, 0.15) is 0 Å². The van der Waals surface area contributed by atoms with Gasteiger partial charge in [0.15, 0.2) is 5.69 Å². The summed E-state index contributed by atoms with van der Waals surface area (Å²) in [5.41, 5.74) is 0.122. The second-order valence-corrected chi connectivity index (χ2v) is 4.72. The third-order valence-corrected chi connectivity index (χ3v) is 1.96. The van der Waals surface area contributed by atoms with Gasteiger partial charge in [-0.1, -0.05) is 20.8 Å². The lowest BCUT2D eigenvalue weighted by molar-refractivity contribution is 0.0689. The highest BCUT2D eigenvalue weighted by atomic mass is 16.5. The lowest BCUT2D eigenvalue weighted by atomic mass is 9.93. The van der Waals surface area contributed by atoms with E-state index in [0.29, 0.717) is 12.5 Å². The molecule has 0 atom stereocenters. The van der Waals surface area contributed by atoms with Gasteiger partial charge in [0.25, 0.3) is 0 Å². The van der Waals surface area contributed by atoms with E-state index in [1.54, 1.807) is 0 Å². The summed E-state index contributed by atoms with van der Waals surface area (Å²) in [4.78, 5) is 10.5. The Hall–Kier alpha value is -1.65. The summed E-state index contributed by atoms with van der Waals surface area (Å²) in [6.07, 6.45) is 0.898. The van der Waals surface area contributed by atoms with E-state index in [-0.39, 0.29) is 11.1 Å². The van der Waals surface area contributed by atoms with E-state index in [4.69, 9.17) is 9.84 Å². The minimum atomic E-state index is -1.09. The number of ether oxygens (including phenoxy) is 1. The molecule has 0 aliphatic heterocycles. The van der Waals surface area contributed by atoms with Gasteiger partial charge in [0.2, 0.25) is 5.88 Å². The molecule has 0 saturated carbocycles. The Balaban J connectivity index is 2.47. The van der Waals surface area contributed by atoms with Crippen LogP contribution >= 0.6 is 0 Å². The molecule has 0 spiro atoms. The molecule has 0 saturated heterocycles. The molecule has 1 rings (SSSR count). The Labute approximate surface area is 94.5 Å². The van der Waals surface area contributed by atoms with Crippen molar-refractivity contribution in [3.05, 3.63) is 17.8 Å². The van der Waals surface area contributed by atoms with Gasteiger partial charge in [-0.05, 0) is 17.9 Å². The second kappa shape index (κ2) is 4.92. The Morgan fingerprint density at radius 3 is 2.50 bits per heavy atom. The predicted molar refractivity (Wildman–Crippen MR) is 58.6 cm³/mol. The third kappa shape index (κ3) is 4.25. The first-order chi connectivity index (χ1) is 7.38. The first-order valence-corrected chi connectivity index (χ1v) is 5.08. The maximum atomic E-state index is 10.5. The van der Waals surface area contributed by atoms with E-state index in [2.05, 4.69) is 31.0 Å². The summed E-state index contributed by atoms with van der Waals surface area (Å²) in [6, 6.07) is 2.89. The van der Waals surface area contributed by atoms with E-state index < -0.39 is 5.97 Å². The van der Waals surface area contributed by atoms with Crippen LogP contribution in [-0.4, -0.2) is 27.9 Å². The number of aromatic carboxylic acids is 1. The van der Waals surface area contributed by atoms with Crippen molar-refractivity contribution in [1.29, 1.82) is 0 Å². The maximum absolute atomic E-state index is 10.5. The zero-order chi connectivity index (χ0) is 12.2. The average Bonchev–Trinajstić information content (AvgIpc) is 2.16. The van der Waals surface area contributed by atoms with Crippen LogP contribution < -0.4 is 4.74 Å². The molecule has 0 aromatic carbocycles. The number of hydrogen-bond donors (Lipinski definition) is 1. The zero-order valence-electron chi connectivity index (χ0n) is 9.73. The molecule has 1 aromatic rings. The number of carboxylic acid groups (broad SMARTS) is 1. The Morgan fingerprint density at radius 1 is 1.38 bits per heavy atom. The van der Waals surface area contributed by atoms with Crippen LogP contribution in [-0.2, 0) is 0 Å². The van der Waals surface area contributed by atoms with Gasteiger partial charge in [-0.2, -0.15) is 0 Å². The first kappa shape index (κ1) is 12.4. The largest absolute Gasteiger partial charge is 0.477 e. The van der Waals surface area contributed by atoms with Gasteiger partial charge >= 0.3 is 5.97 Å². The van der Waals surface area contributed by atoms with Crippen LogP contribution in [0.25, 0.3) is 0 Å². The summed E-state index contributed by atoms with van der Waals surface area (Å²) in [6.45, 7) is 6.91. The van der Waals surface area contributed by atoms with E-state index in [9.17, 15) is 4.79 Å². The Morgan fingerprint density at radius 2 is 2.06 bits per heavy atom. The highest BCUT2D eigenvalue weighted by Crippen LogP contribution is 2.18. The molecule has 1 N–H and O–H groups in total. The van der Waals surface area contributed by atoms with Crippen molar-refractivity contribution in [3.8, 4) is 5.88 Å². The first-order valence-electron chi connectivity index (χ1n) is 5.08. The van der Waals surface area contributed by atoms with Crippen LogP contribution in [0.5, 0.6) is 5.88 Å². The Bertz CT molecular complexity index is 354. The van der Waals surface area contributed by atoms with Gasteiger partial charge < -0.3 is 9.84 Å². The molecule has 0 amide bonds.